The summed E-state index contributed by atoms with van der Waals surface area (Å²) in [5, 5.41) is 10.9. The number of thioether (sulfide) groups is 1. The van der Waals surface area contributed by atoms with E-state index in [9.17, 15) is 4.79 Å². The van der Waals surface area contributed by atoms with E-state index in [4.69, 9.17) is 16.3 Å². The maximum absolute atomic E-state index is 12.3. The number of anilines is 1. The number of benzene rings is 2. The predicted octanol–water partition coefficient (Wildman–Crippen LogP) is 5.16. The van der Waals surface area contributed by atoms with Gasteiger partial charge in [-0.15, -0.1) is 5.10 Å². The SMILES string of the molecule is COc1ccc(Cl)cc1NC(=O)CSc1n[nH]c(-c2ccc(C(C)(C)C)cc2)n1. The maximum Gasteiger partial charge on any atom is 0.234 e. The van der Waals surface area contributed by atoms with Crippen LogP contribution in [0.15, 0.2) is 47.6 Å². The first-order chi connectivity index (χ1) is 13.8. The number of ether oxygens (including phenoxy) is 1. The van der Waals surface area contributed by atoms with Crippen molar-refractivity contribution in [2.75, 3.05) is 18.2 Å². The second-order valence-electron chi connectivity index (χ2n) is 7.48. The Hall–Kier alpha value is -2.51. The Bertz CT molecular complexity index is 997. The minimum absolute atomic E-state index is 0.0972. The average Bonchev–Trinajstić information content (AvgIpc) is 3.15. The number of hydrogen-bond donors (Lipinski definition) is 2. The number of hydrogen-bond acceptors (Lipinski definition) is 5. The highest BCUT2D eigenvalue weighted by molar-refractivity contribution is 7.99. The van der Waals surface area contributed by atoms with Crippen LogP contribution < -0.4 is 10.1 Å². The summed E-state index contributed by atoms with van der Waals surface area (Å²) in [4.78, 5) is 16.7. The number of aromatic amines is 1. The largest absolute Gasteiger partial charge is 0.495 e. The lowest BCUT2D eigenvalue weighted by molar-refractivity contribution is -0.113. The van der Waals surface area contributed by atoms with E-state index >= 15 is 0 Å². The van der Waals surface area contributed by atoms with Gasteiger partial charge in [0.1, 0.15) is 5.75 Å². The molecule has 1 amide bonds. The van der Waals surface area contributed by atoms with E-state index in [1.165, 1.54) is 24.4 Å². The van der Waals surface area contributed by atoms with Crippen molar-refractivity contribution in [1.82, 2.24) is 15.2 Å². The minimum atomic E-state index is -0.198. The van der Waals surface area contributed by atoms with Gasteiger partial charge >= 0.3 is 0 Å². The van der Waals surface area contributed by atoms with Gasteiger partial charge in [-0.25, -0.2) is 4.98 Å². The Morgan fingerprint density at radius 3 is 2.59 bits per heavy atom. The van der Waals surface area contributed by atoms with E-state index in [-0.39, 0.29) is 17.1 Å². The maximum atomic E-state index is 12.3. The summed E-state index contributed by atoms with van der Waals surface area (Å²) >= 11 is 7.24. The molecule has 3 rings (SSSR count). The van der Waals surface area contributed by atoms with Crippen LogP contribution in [-0.2, 0) is 10.2 Å². The fourth-order valence-electron chi connectivity index (χ4n) is 2.66. The van der Waals surface area contributed by atoms with Crippen LogP contribution in [0.5, 0.6) is 5.75 Å². The molecule has 1 aromatic heterocycles. The van der Waals surface area contributed by atoms with Gasteiger partial charge in [0.15, 0.2) is 5.82 Å². The first kappa shape index (κ1) is 21.2. The minimum Gasteiger partial charge on any atom is -0.495 e. The third-order valence-electron chi connectivity index (χ3n) is 4.26. The molecule has 0 saturated heterocycles. The summed E-state index contributed by atoms with van der Waals surface area (Å²) in [6, 6.07) is 13.3. The van der Waals surface area contributed by atoms with E-state index in [0.717, 1.165) is 5.56 Å². The third kappa shape index (κ3) is 5.52. The third-order valence-corrected chi connectivity index (χ3v) is 5.34. The van der Waals surface area contributed by atoms with Crippen molar-refractivity contribution in [3.05, 3.63) is 53.1 Å². The van der Waals surface area contributed by atoms with Crippen LogP contribution in [0.3, 0.4) is 0 Å². The van der Waals surface area contributed by atoms with Gasteiger partial charge < -0.3 is 10.1 Å². The first-order valence-electron chi connectivity index (χ1n) is 9.06. The average molecular weight is 431 g/mol. The van der Waals surface area contributed by atoms with E-state index in [1.807, 2.05) is 12.1 Å². The van der Waals surface area contributed by atoms with Crippen LogP contribution in [-0.4, -0.2) is 34.0 Å². The van der Waals surface area contributed by atoms with Crippen molar-refractivity contribution in [1.29, 1.82) is 0 Å². The second-order valence-corrected chi connectivity index (χ2v) is 8.85. The number of rotatable bonds is 6. The molecule has 2 aromatic carbocycles. The van der Waals surface area contributed by atoms with Crippen molar-refractivity contribution >= 4 is 35.0 Å². The second kappa shape index (κ2) is 8.88. The van der Waals surface area contributed by atoms with Crippen LogP contribution in [0.2, 0.25) is 5.02 Å². The van der Waals surface area contributed by atoms with Gasteiger partial charge in [-0.05, 0) is 29.2 Å². The summed E-state index contributed by atoms with van der Waals surface area (Å²) in [6.45, 7) is 6.53. The molecule has 0 aliphatic carbocycles. The molecular formula is C21H23ClN4O2S. The van der Waals surface area contributed by atoms with Gasteiger partial charge in [0, 0.05) is 10.6 Å². The van der Waals surface area contributed by atoms with Crippen molar-refractivity contribution < 1.29 is 9.53 Å². The zero-order chi connectivity index (χ0) is 21.0. The number of H-pyrrole nitrogens is 1. The lowest BCUT2D eigenvalue weighted by atomic mass is 9.87. The quantitative estimate of drug-likeness (QED) is 0.528. The van der Waals surface area contributed by atoms with Gasteiger partial charge in [0.05, 0.1) is 18.6 Å². The van der Waals surface area contributed by atoms with E-state index < -0.39 is 0 Å². The standard InChI is InChI=1S/C21H23ClN4O2S/c1-21(2,3)14-7-5-13(6-8-14)19-24-20(26-25-19)29-12-18(27)23-16-11-15(22)9-10-17(16)28-4/h5-11H,12H2,1-4H3,(H,23,27)(H,24,25,26). The zero-order valence-corrected chi connectivity index (χ0v) is 18.3. The normalized spacial score (nSPS) is 11.3. The summed E-state index contributed by atoms with van der Waals surface area (Å²) in [7, 11) is 1.54. The van der Waals surface area contributed by atoms with Crippen LogP contribution in [0, 0.1) is 0 Å². The molecule has 29 heavy (non-hydrogen) atoms. The van der Waals surface area contributed by atoms with Crippen LogP contribution in [0.1, 0.15) is 26.3 Å². The number of nitrogens with one attached hydrogen (secondary N) is 2. The highest BCUT2D eigenvalue weighted by atomic mass is 35.5. The molecule has 2 N–H and O–H groups in total. The summed E-state index contributed by atoms with van der Waals surface area (Å²) in [5.41, 5.74) is 2.83. The van der Waals surface area contributed by atoms with Gasteiger partial charge in [-0.1, -0.05) is 68.4 Å². The summed E-state index contributed by atoms with van der Waals surface area (Å²) < 4.78 is 5.24. The van der Waals surface area contributed by atoms with Crippen LogP contribution in [0.4, 0.5) is 5.69 Å². The zero-order valence-electron chi connectivity index (χ0n) is 16.7. The van der Waals surface area contributed by atoms with E-state index in [0.29, 0.717) is 27.4 Å². The Morgan fingerprint density at radius 2 is 1.93 bits per heavy atom. The number of halogens is 1. The molecule has 0 radical (unpaired) electrons. The van der Waals surface area contributed by atoms with Crippen molar-refractivity contribution in [2.45, 2.75) is 31.3 Å². The molecule has 0 bridgehead atoms. The molecule has 0 aliphatic heterocycles. The molecule has 0 spiro atoms. The molecule has 8 heteroatoms. The smallest absolute Gasteiger partial charge is 0.234 e. The van der Waals surface area contributed by atoms with Gasteiger partial charge in [0.25, 0.3) is 0 Å². The molecular weight excluding hydrogens is 408 g/mol. The van der Waals surface area contributed by atoms with Crippen LogP contribution >= 0.6 is 23.4 Å². The van der Waals surface area contributed by atoms with E-state index in [1.54, 1.807) is 18.2 Å². The molecule has 6 nitrogen and oxygen atoms in total. The Morgan fingerprint density at radius 1 is 1.21 bits per heavy atom. The van der Waals surface area contributed by atoms with Gasteiger partial charge in [-0.2, -0.15) is 0 Å². The molecule has 1 heterocycles. The van der Waals surface area contributed by atoms with Gasteiger partial charge in [-0.3, -0.25) is 9.89 Å². The Kier molecular flexibility index (Phi) is 6.49. The van der Waals surface area contributed by atoms with Crippen molar-refractivity contribution in [3.63, 3.8) is 0 Å². The monoisotopic (exact) mass is 430 g/mol. The van der Waals surface area contributed by atoms with E-state index in [2.05, 4.69) is 53.4 Å². The number of carbonyl (C=O) groups is 1. The number of nitrogens with zero attached hydrogens (tertiary/aromatic N) is 2. The molecule has 0 unspecified atom stereocenters. The van der Waals surface area contributed by atoms with Crippen molar-refractivity contribution in [2.24, 2.45) is 0 Å². The molecule has 0 aliphatic rings. The number of methoxy groups -OCH3 is 1. The molecule has 0 fully saturated rings. The highest BCUT2D eigenvalue weighted by Crippen LogP contribution is 2.28. The summed E-state index contributed by atoms with van der Waals surface area (Å²) in [5.74, 6) is 1.18. The molecule has 0 saturated carbocycles. The topological polar surface area (TPSA) is 79.9 Å². The molecule has 3 aromatic rings. The van der Waals surface area contributed by atoms with Crippen LogP contribution in [0.25, 0.3) is 11.4 Å². The number of aromatic nitrogens is 3. The predicted molar refractivity (Wildman–Crippen MR) is 118 cm³/mol. The lowest BCUT2D eigenvalue weighted by Gasteiger charge is -2.18. The molecule has 0 atom stereocenters. The fraction of sp³-hybridized carbons (Fsp3) is 0.286. The number of amides is 1. The first-order valence-corrected chi connectivity index (χ1v) is 10.4. The lowest BCUT2D eigenvalue weighted by Crippen LogP contribution is -2.14. The Balaban J connectivity index is 1.61. The van der Waals surface area contributed by atoms with Gasteiger partial charge in [0.2, 0.25) is 11.1 Å². The Labute approximate surface area is 179 Å². The van der Waals surface area contributed by atoms with Crippen molar-refractivity contribution in [3.8, 4) is 17.1 Å². The molecule has 152 valence electrons. The number of carbonyl (C=O) groups excluding carboxylic acids is 1. The fourth-order valence-corrected chi connectivity index (χ4v) is 3.43. The summed E-state index contributed by atoms with van der Waals surface area (Å²) in [6.07, 6.45) is 0. The highest BCUT2D eigenvalue weighted by Gasteiger charge is 2.15.